The van der Waals surface area contributed by atoms with Crippen LogP contribution < -0.4 is 10.1 Å². The lowest BCUT2D eigenvalue weighted by Gasteiger charge is -2.23. The second kappa shape index (κ2) is 8.95. The minimum atomic E-state index is -0.236. The molecule has 1 N–H and O–H groups in total. The van der Waals surface area contributed by atoms with Gasteiger partial charge < -0.3 is 4.74 Å². The average Bonchev–Trinajstić information content (AvgIpc) is 3.02. The predicted molar refractivity (Wildman–Crippen MR) is 110 cm³/mol. The molecule has 0 bridgehead atoms. The van der Waals surface area contributed by atoms with E-state index < -0.39 is 0 Å². The van der Waals surface area contributed by atoms with Crippen LogP contribution in [0.5, 0.6) is 5.75 Å². The standard InChI is InChI=1S/C19H26BrN3O2S/c1-6-12(7-2)17-22-23-18(26-17)21-16(24)11-25-15-9-8-13(20)10-14(15)19(3,4)5/h8-10,12H,6-7,11H2,1-5H3,(H,21,23,24). The summed E-state index contributed by atoms with van der Waals surface area (Å²) in [7, 11) is 0. The number of rotatable bonds is 7. The molecule has 0 atom stereocenters. The molecule has 1 amide bonds. The first-order valence-corrected chi connectivity index (χ1v) is 10.4. The number of amides is 1. The molecule has 0 spiro atoms. The Balaban J connectivity index is 2.00. The lowest BCUT2D eigenvalue weighted by atomic mass is 9.86. The van der Waals surface area contributed by atoms with Crippen molar-refractivity contribution >= 4 is 38.3 Å². The molecule has 0 saturated heterocycles. The number of carbonyl (C=O) groups excluding carboxylic acids is 1. The van der Waals surface area contributed by atoms with Crippen molar-refractivity contribution in [3.8, 4) is 5.75 Å². The number of nitrogens with one attached hydrogen (secondary N) is 1. The molecule has 0 aliphatic heterocycles. The van der Waals surface area contributed by atoms with Crippen LogP contribution in [0.25, 0.3) is 0 Å². The van der Waals surface area contributed by atoms with Crippen LogP contribution in [-0.2, 0) is 10.2 Å². The molecule has 1 heterocycles. The molecule has 0 aliphatic carbocycles. The van der Waals surface area contributed by atoms with E-state index in [0.29, 0.717) is 16.8 Å². The summed E-state index contributed by atoms with van der Waals surface area (Å²) in [4.78, 5) is 12.2. The molecule has 1 aromatic carbocycles. The quantitative estimate of drug-likeness (QED) is 0.616. The Kier molecular flexibility index (Phi) is 7.17. The summed E-state index contributed by atoms with van der Waals surface area (Å²) >= 11 is 4.92. The summed E-state index contributed by atoms with van der Waals surface area (Å²) in [5, 5.41) is 12.5. The van der Waals surface area contributed by atoms with Crippen LogP contribution in [0.15, 0.2) is 22.7 Å². The average molecular weight is 440 g/mol. The highest BCUT2D eigenvalue weighted by atomic mass is 79.9. The van der Waals surface area contributed by atoms with Gasteiger partial charge in [-0.25, -0.2) is 0 Å². The molecule has 142 valence electrons. The fourth-order valence-corrected chi connectivity index (χ4v) is 3.99. The van der Waals surface area contributed by atoms with Gasteiger partial charge in [0.1, 0.15) is 10.8 Å². The van der Waals surface area contributed by atoms with Gasteiger partial charge in [-0.05, 0) is 36.5 Å². The Morgan fingerprint density at radius 2 is 1.96 bits per heavy atom. The first-order valence-electron chi connectivity index (χ1n) is 8.80. The van der Waals surface area contributed by atoms with E-state index in [4.69, 9.17) is 4.74 Å². The van der Waals surface area contributed by atoms with Gasteiger partial charge in [0.05, 0.1) is 0 Å². The van der Waals surface area contributed by atoms with Crippen LogP contribution in [-0.4, -0.2) is 22.7 Å². The second-order valence-electron chi connectivity index (χ2n) is 7.19. The van der Waals surface area contributed by atoms with E-state index >= 15 is 0 Å². The van der Waals surface area contributed by atoms with Gasteiger partial charge in [0.2, 0.25) is 5.13 Å². The molecule has 26 heavy (non-hydrogen) atoms. The molecule has 7 heteroatoms. The smallest absolute Gasteiger partial charge is 0.264 e. The van der Waals surface area contributed by atoms with E-state index in [-0.39, 0.29) is 17.9 Å². The molecular weight excluding hydrogens is 414 g/mol. The molecule has 0 fully saturated rings. The number of hydrogen-bond acceptors (Lipinski definition) is 5. The number of halogens is 1. The number of ether oxygens (including phenoxy) is 1. The third kappa shape index (κ3) is 5.51. The van der Waals surface area contributed by atoms with Crippen molar-refractivity contribution in [2.24, 2.45) is 0 Å². The Morgan fingerprint density at radius 1 is 1.27 bits per heavy atom. The Hall–Kier alpha value is -1.47. The maximum Gasteiger partial charge on any atom is 0.264 e. The van der Waals surface area contributed by atoms with Gasteiger partial charge >= 0.3 is 0 Å². The van der Waals surface area contributed by atoms with Crippen molar-refractivity contribution in [1.29, 1.82) is 0 Å². The fourth-order valence-electron chi connectivity index (χ4n) is 2.60. The summed E-state index contributed by atoms with van der Waals surface area (Å²) in [5.41, 5.74) is 0.963. The highest BCUT2D eigenvalue weighted by Crippen LogP contribution is 2.33. The molecule has 0 aliphatic rings. The van der Waals surface area contributed by atoms with Crippen LogP contribution in [0.2, 0.25) is 0 Å². The number of benzene rings is 1. The van der Waals surface area contributed by atoms with Gasteiger partial charge in [-0.15, -0.1) is 10.2 Å². The minimum absolute atomic E-state index is 0.0649. The second-order valence-corrected chi connectivity index (χ2v) is 9.11. The van der Waals surface area contributed by atoms with Gasteiger partial charge in [-0.1, -0.05) is 61.9 Å². The minimum Gasteiger partial charge on any atom is -0.483 e. The largest absolute Gasteiger partial charge is 0.483 e. The van der Waals surface area contributed by atoms with E-state index in [1.165, 1.54) is 11.3 Å². The zero-order chi connectivity index (χ0) is 19.3. The molecule has 2 rings (SSSR count). The Bertz CT molecular complexity index is 751. The van der Waals surface area contributed by atoms with Crippen molar-refractivity contribution in [2.75, 3.05) is 11.9 Å². The molecule has 1 aromatic heterocycles. The van der Waals surface area contributed by atoms with E-state index in [9.17, 15) is 4.79 Å². The molecule has 5 nitrogen and oxygen atoms in total. The monoisotopic (exact) mass is 439 g/mol. The zero-order valence-electron chi connectivity index (χ0n) is 15.9. The van der Waals surface area contributed by atoms with Crippen LogP contribution in [0.1, 0.15) is 63.9 Å². The first-order chi connectivity index (χ1) is 12.2. The molecular formula is C19H26BrN3O2S. The Morgan fingerprint density at radius 3 is 2.58 bits per heavy atom. The lowest BCUT2D eigenvalue weighted by Crippen LogP contribution is -2.22. The number of anilines is 1. The number of nitrogens with zero attached hydrogens (tertiary/aromatic N) is 2. The van der Waals surface area contributed by atoms with Crippen molar-refractivity contribution < 1.29 is 9.53 Å². The fraction of sp³-hybridized carbons (Fsp3) is 0.526. The molecule has 0 unspecified atom stereocenters. The van der Waals surface area contributed by atoms with Gasteiger partial charge in [0.25, 0.3) is 5.91 Å². The van der Waals surface area contributed by atoms with Crippen LogP contribution in [0.3, 0.4) is 0 Å². The highest BCUT2D eigenvalue weighted by molar-refractivity contribution is 9.10. The maximum atomic E-state index is 12.2. The molecule has 0 radical (unpaired) electrons. The summed E-state index contributed by atoms with van der Waals surface area (Å²) in [6, 6.07) is 5.82. The molecule has 0 saturated carbocycles. The van der Waals surface area contributed by atoms with Crippen molar-refractivity contribution in [1.82, 2.24) is 10.2 Å². The van der Waals surface area contributed by atoms with Crippen LogP contribution in [0.4, 0.5) is 5.13 Å². The van der Waals surface area contributed by atoms with E-state index in [2.05, 4.69) is 66.1 Å². The van der Waals surface area contributed by atoms with Crippen molar-refractivity contribution in [2.45, 2.75) is 58.8 Å². The van der Waals surface area contributed by atoms with Gasteiger partial charge in [0.15, 0.2) is 6.61 Å². The number of carbonyl (C=O) groups is 1. The summed E-state index contributed by atoms with van der Waals surface area (Å²) in [6.07, 6.45) is 2.03. The van der Waals surface area contributed by atoms with Crippen molar-refractivity contribution in [3.63, 3.8) is 0 Å². The zero-order valence-corrected chi connectivity index (χ0v) is 18.3. The van der Waals surface area contributed by atoms with Gasteiger partial charge in [0, 0.05) is 16.0 Å². The van der Waals surface area contributed by atoms with Crippen molar-refractivity contribution in [3.05, 3.63) is 33.2 Å². The lowest BCUT2D eigenvalue weighted by molar-refractivity contribution is -0.118. The van der Waals surface area contributed by atoms with Gasteiger partial charge in [-0.2, -0.15) is 0 Å². The highest BCUT2D eigenvalue weighted by Gasteiger charge is 2.20. The summed E-state index contributed by atoms with van der Waals surface area (Å²) in [5.74, 6) is 0.873. The van der Waals surface area contributed by atoms with E-state index in [1.807, 2.05) is 18.2 Å². The third-order valence-corrected chi connectivity index (χ3v) is 5.62. The number of aromatic nitrogens is 2. The van der Waals surface area contributed by atoms with Crippen LogP contribution >= 0.6 is 27.3 Å². The maximum absolute atomic E-state index is 12.2. The third-order valence-electron chi connectivity index (χ3n) is 4.13. The first kappa shape index (κ1) is 20.8. The summed E-state index contributed by atoms with van der Waals surface area (Å²) in [6.45, 7) is 10.5. The van der Waals surface area contributed by atoms with Crippen LogP contribution in [0, 0.1) is 0 Å². The molecule has 2 aromatic rings. The van der Waals surface area contributed by atoms with E-state index in [1.54, 1.807) is 0 Å². The topological polar surface area (TPSA) is 64.1 Å². The Labute approximate surface area is 167 Å². The predicted octanol–water partition coefficient (Wildman–Crippen LogP) is 5.52. The van der Waals surface area contributed by atoms with E-state index in [0.717, 1.165) is 27.9 Å². The summed E-state index contributed by atoms with van der Waals surface area (Å²) < 4.78 is 6.76. The SMILES string of the molecule is CCC(CC)c1nnc(NC(=O)COc2ccc(Br)cc2C(C)(C)C)s1. The van der Waals surface area contributed by atoms with Gasteiger partial charge in [-0.3, -0.25) is 10.1 Å². The number of hydrogen-bond donors (Lipinski definition) is 1. The normalized spacial score (nSPS) is 11.7.